The number of ether oxygens (including phenoxy) is 2. The maximum absolute atomic E-state index is 14.2. The smallest absolute Gasteiger partial charge is 0.244 e. The molecule has 1 atom stereocenters. The highest BCUT2D eigenvalue weighted by Crippen LogP contribution is 2.35. The molecule has 0 aliphatic carbocycles. The Morgan fingerprint density at radius 3 is 2.21 bits per heavy atom. The number of nitrogens with zero attached hydrogens (tertiary/aromatic N) is 2. The Morgan fingerprint density at radius 2 is 1.58 bits per heavy atom. The number of benzene rings is 3. The Balaban J connectivity index is 1.76. The summed E-state index contributed by atoms with van der Waals surface area (Å²) in [5, 5.41) is 3.62. The van der Waals surface area contributed by atoms with E-state index in [1.165, 1.54) is 11.0 Å². The van der Waals surface area contributed by atoms with E-state index in [2.05, 4.69) is 5.32 Å². The second-order valence-electron chi connectivity index (χ2n) is 11.3. The molecule has 0 fully saturated rings. The number of fused-ring (bicyclic) bond motifs is 1. The van der Waals surface area contributed by atoms with Gasteiger partial charge in [-0.15, -0.1) is 0 Å². The lowest BCUT2D eigenvalue weighted by molar-refractivity contribution is -0.140. The first-order valence-electron chi connectivity index (χ1n) is 13.7. The molecule has 1 heterocycles. The van der Waals surface area contributed by atoms with Crippen molar-refractivity contribution in [3.05, 3.63) is 87.9 Å². The summed E-state index contributed by atoms with van der Waals surface area (Å²) < 4.78 is 38.3. The fourth-order valence-electron chi connectivity index (χ4n) is 4.64. The van der Waals surface area contributed by atoms with Crippen LogP contribution in [0.5, 0.6) is 11.5 Å². The van der Waals surface area contributed by atoms with Crippen LogP contribution in [0.25, 0.3) is 0 Å². The van der Waals surface area contributed by atoms with Gasteiger partial charge in [0.15, 0.2) is 11.5 Å². The van der Waals surface area contributed by atoms with Gasteiger partial charge in [-0.25, -0.2) is 8.42 Å². The normalized spacial score (nSPS) is 13.6. The average Bonchev–Trinajstić information content (AvgIpc) is 2.94. The minimum atomic E-state index is -3.94. The van der Waals surface area contributed by atoms with E-state index >= 15 is 0 Å². The van der Waals surface area contributed by atoms with Crippen LogP contribution in [0.1, 0.15) is 31.9 Å². The van der Waals surface area contributed by atoms with E-state index in [4.69, 9.17) is 32.7 Å². The van der Waals surface area contributed by atoms with Gasteiger partial charge in [0.2, 0.25) is 21.8 Å². The van der Waals surface area contributed by atoms with Gasteiger partial charge in [-0.3, -0.25) is 13.9 Å². The summed E-state index contributed by atoms with van der Waals surface area (Å²) in [6, 6.07) is 18.0. The van der Waals surface area contributed by atoms with E-state index in [1.807, 2.05) is 51.1 Å². The van der Waals surface area contributed by atoms with Gasteiger partial charge in [0.1, 0.15) is 25.8 Å². The molecule has 1 aliphatic heterocycles. The van der Waals surface area contributed by atoms with Gasteiger partial charge >= 0.3 is 0 Å². The third-order valence-electron chi connectivity index (χ3n) is 6.60. The topological polar surface area (TPSA) is 105 Å². The van der Waals surface area contributed by atoms with Crippen molar-refractivity contribution in [3.8, 4) is 11.5 Å². The summed E-state index contributed by atoms with van der Waals surface area (Å²) >= 11 is 12.4. The van der Waals surface area contributed by atoms with Crippen molar-refractivity contribution >= 4 is 50.7 Å². The number of nitrogens with one attached hydrogen (secondary N) is 1. The molecule has 0 saturated carbocycles. The number of anilines is 1. The summed E-state index contributed by atoms with van der Waals surface area (Å²) in [6.07, 6.45) is 1.22. The zero-order valence-electron chi connectivity index (χ0n) is 24.5. The number of carbonyl (C=O) groups is 2. The third-order valence-corrected chi connectivity index (χ3v) is 8.48. The summed E-state index contributed by atoms with van der Waals surface area (Å²) in [7, 11) is -3.94. The van der Waals surface area contributed by atoms with Crippen LogP contribution in [0, 0.1) is 0 Å². The quantitative estimate of drug-likeness (QED) is 0.329. The van der Waals surface area contributed by atoms with E-state index in [0.29, 0.717) is 40.3 Å². The predicted octanol–water partition coefficient (Wildman–Crippen LogP) is 5.09. The number of amides is 2. The van der Waals surface area contributed by atoms with Crippen LogP contribution < -0.4 is 19.1 Å². The Labute approximate surface area is 262 Å². The molecule has 0 saturated heterocycles. The summed E-state index contributed by atoms with van der Waals surface area (Å²) in [4.78, 5) is 29.5. The first kappa shape index (κ1) is 32.4. The Hall–Kier alpha value is -3.47. The number of rotatable bonds is 10. The molecule has 3 aromatic rings. The molecule has 0 aromatic heterocycles. The van der Waals surface area contributed by atoms with Crippen LogP contribution in [0.15, 0.2) is 66.7 Å². The van der Waals surface area contributed by atoms with E-state index < -0.39 is 34.1 Å². The summed E-state index contributed by atoms with van der Waals surface area (Å²) in [6.45, 7) is 5.66. The monoisotopic (exact) mass is 647 g/mol. The van der Waals surface area contributed by atoms with Gasteiger partial charge in [0.05, 0.1) is 22.0 Å². The number of hydrogen-bond donors (Lipinski definition) is 1. The lowest BCUT2D eigenvalue weighted by atomic mass is 10.0. The van der Waals surface area contributed by atoms with Gasteiger partial charge < -0.3 is 19.7 Å². The first-order valence-corrected chi connectivity index (χ1v) is 16.3. The van der Waals surface area contributed by atoms with Crippen molar-refractivity contribution in [2.24, 2.45) is 0 Å². The van der Waals surface area contributed by atoms with Crippen LogP contribution in [-0.2, 0) is 32.6 Å². The number of hydrogen-bond acceptors (Lipinski definition) is 6. The fourth-order valence-corrected chi connectivity index (χ4v) is 5.80. The molecule has 1 aliphatic rings. The molecule has 4 rings (SSSR count). The number of sulfonamides is 1. The fraction of sp³-hybridized carbons (Fsp3) is 0.355. The van der Waals surface area contributed by atoms with E-state index in [9.17, 15) is 18.0 Å². The molecule has 3 aromatic carbocycles. The Kier molecular flexibility index (Phi) is 10.1. The van der Waals surface area contributed by atoms with Crippen molar-refractivity contribution in [2.75, 3.05) is 30.3 Å². The van der Waals surface area contributed by atoms with Crippen LogP contribution in [0.3, 0.4) is 0 Å². The Bertz CT molecular complexity index is 1580. The van der Waals surface area contributed by atoms with E-state index in [-0.39, 0.29) is 24.6 Å². The van der Waals surface area contributed by atoms with Gasteiger partial charge in [0, 0.05) is 24.6 Å². The lowest BCUT2D eigenvalue weighted by Gasteiger charge is -2.35. The SMILES string of the molecule is CC(C)(C)NC(=O)[C@@H](Cc1ccccc1)N(Cc1ccc(Cl)c(Cl)c1)C(=O)CN(c1ccc2c(c1)OCCO2)S(C)(=O)=O. The molecule has 1 N–H and O–H groups in total. The first-order chi connectivity index (χ1) is 20.2. The van der Waals surface area contributed by atoms with Gasteiger partial charge in [0.25, 0.3) is 0 Å². The zero-order valence-corrected chi connectivity index (χ0v) is 26.8. The zero-order chi connectivity index (χ0) is 31.4. The molecular weight excluding hydrogens is 613 g/mol. The second-order valence-corrected chi connectivity index (χ2v) is 14.0. The maximum atomic E-state index is 14.2. The van der Waals surface area contributed by atoms with E-state index in [0.717, 1.165) is 16.1 Å². The number of halogens is 2. The molecule has 0 bridgehead atoms. The standard InChI is InChI=1S/C31H35Cl2N3O6S/c1-31(2,3)34-30(38)26(17-21-8-6-5-7-9-21)35(19-22-10-12-24(32)25(33)16-22)29(37)20-36(43(4,39)40)23-11-13-27-28(18-23)42-15-14-41-27/h5-13,16,18,26H,14-15,17,19-20H2,1-4H3,(H,34,38)/t26-/m1/s1. The highest BCUT2D eigenvalue weighted by atomic mass is 35.5. The van der Waals surface area contributed by atoms with Crippen molar-refractivity contribution in [1.82, 2.24) is 10.2 Å². The summed E-state index contributed by atoms with van der Waals surface area (Å²) in [5.41, 5.74) is 1.09. The van der Waals surface area contributed by atoms with Crippen LogP contribution in [0.4, 0.5) is 5.69 Å². The predicted molar refractivity (Wildman–Crippen MR) is 168 cm³/mol. The largest absolute Gasteiger partial charge is 0.486 e. The molecule has 0 unspecified atom stereocenters. The lowest BCUT2D eigenvalue weighted by Crippen LogP contribution is -2.56. The highest BCUT2D eigenvalue weighted by Gasteiger charge is 2.34. The molecule has 0 spiro atoms. The maximum Gasteiger partial charge on any atom is 0.244 e. The van der Waals surface area contributed by atoms with Crippen molar-refractivity contribution in [2.45, 2.75) is 45.3 Å². The van der Waals surface area contributed by atoms with Gasteiger partial charge in [-0.1, -0.05) is 59.6 Å². The molecule has 230 valence electrons. The van der Waals surface area contributed by atoms with Crippen LogP contribution >= 0.6 is 23.2 Å². The molecule has 9 nitrogen and oxygen atoms in total. The molecule has 2 amide bonds. The molecule has 43 heavy (non-hydrogen) atoms. The molecular formula is C31H35Cl2N3O6S. The molecule has 12 heteroatoms. The van der Waals surface area contributed by atoms with Crippen LogP contribution in [0.2, 0.25) is 10.0 Å². The minimum Gasteiger partial charge on any atom is -0.486 e. The second kappa shape index (κ2) is 13.4. The minimum absolute atomic E-state index is 0.0243. The summed E-state index contributed by atoms with van der Waals surface area (Å²) in [5.74, 6) is -0.104. The average molecular weight is 649 g/mol. The third kappa shape index (κ3) is 8.78. The highest BCUT2D eigenvalue weighted by molar-refractivity contribution is 7.92. The van der Waals surface area contributed by atoms with Gasteiger partial charge in [-0.05, 0) is 56.2 Å². The van der Waals surface area contributed by atoms with Gasteiger partial charge in [-0.2, -0.15) is 0 Å². The molecule has 0 radical (unpaired) electrons. The van der Waals surface area contributed by atoms with E-state index in [1.54, 1.807) is 30.3 Å². The Morgan fingerprint density at radius 1 is 0.907 bits per heavy atom. The van der Waals surface area contributed by atoms with Crippen LogP contribution in [-0.4, -0.2) is 62.7 Å². The van der Waals surface area contributed by atoms with Crippen molar-refractivity contribution in [1.29, 1.82) is 0 Å². The van der Waals surface area contributed by atoms with Crippen molar-refractivity contribution < 1.29 is 27.5 Å². The van der Waals surface area contributed by atoms with Crippen molar-refractivity contribution in [3.63, 3.8) is 0 Å². The number of carbonyl (C=O) groups excluding carboxylic acids is 2.